The topological polar surface area (TPSA) is 62.1 Å². The second-order valence-electron chi connectivity index (χ2n) is 6.22. The summed E-state index contributed by atoms with van der Waals surface area (Å²) in [5, 5.41) is 12.1. The Balaban J connectivity index is 1.66. The molecular formula is C17H19FN2O2S. The van der Waals surface area contributed by atoms with Gasteiger partial charge in [0.05, 0.1) is 12.7 Å². The number of benzene rings is 1. The Labute approximate surface area is 139 Å². The first-order chi connectivity index (χ1) is 11.1. The molecule has 0 bridgehead atoms. The molecule has 1 amide bonds. The lowest BCUT2D eigenvalue weighted by Crippen LogP contribution is -2.47. The van der Waals surface area contributed by atoms with Gasteiger partial charge in [0.15, 0.2) is 0 Å². The van der Waals surface area contributed by atoms with E-state index >= 15 is 0 Å². The first kappa shape index (κ1) is 16.3. The van der Waals surface area contributed by atoms with Gasteiger partial charge >= 0.3 is 0 Å². The zero-order valence-corrected chi connectivity index (χ0v) is 13.6. The van der Waals surface area contributed by atoms with Gasteiger partial charge in [-0.2, -0.15) is 17.0 Å². The van der Waals surface area contributed by atoms with E-state index in [2.05, 4.69) is 11.4 Å². The van der Waals surface area contributed by atoms with Crippen LogP contribution >= 0.6 is 11.8 Å². The second-order valence-corrected chi connectivity index (χ2v) is 7.32. The van der Waals surface area contributed by atoms with Crippen LogP contribution in [0.25, 0.3) is 0 Å². The molecule has 1 atom stereocenters. The summed E-state index contributed by atoms with van der Waals surface area (Å²) in [5.74, 6) is 1.35. The number of nitrogens with one attached hydrogen (secondary N) is 1. The van der Waals surface area contributed by atoms with Crippen molar-refractivity contribution in [1.82, 2.24) is 5.32 Å². The van der Waals surface area contributed by atoms with Gasteiger partial charge in [-0.3, -0.25) is 4.79 Å². The fourth-order valence-corrected chi connectivity index (χ4v) is 3.78. The molecule has 0 radical (unpaired) electrons. The molecule has 2 aliphatic rings. The summed E-state index contributed by atoms with van der Waals surface area (Å²) in [4.78, 5) is 12.4. The maximum Gasteiger partial charge on any atom is 0.252 e. The Hall–Kier alpha value is -1.58. The molecule has 122 valence electrons. The predicted molar refractivity (Wildman–Crippen MR) is 86.5 cm³/mol. The molecule has 0 unspecified atom stereocenters. The van der Waals surface area contributed by atoms with Crippen LogP contribution in [0, 0.1) is 23.1 Å². The molecule has 1 saturated heterocycles. The van der Waals surface area contributed by atoms with Crippen molar-refractivity contribution >= 4 is 17.7 Å². The molecule has 6 heteroatoms. The molecule has 2 fully saturated rings. The lowest BCUT2D eigenvalue weighted by Gasteiger charge is -2.21. The fourth-order valence-electron chi connectivity index (χ4n) is 2.52. The SMILES string of the molecule is N#C[C@]1(NC(=O)c2ccc(F)c(COCC3CC3)c2)CCSC1. The van der Waals surface area contributed by atoms with Crippen LogP contribution in [0.5, 0.6) is 0 Å². The molecule has 1 heterocycles. The lowest BCUT2D eigenvalue weighted by molar-refractivity contribution is 0.0924. The third-order valence-corrected chi connectivity index (χ3v) is 5.39. The normalized spacial score (nSPS) is 23.5. The molecule has 1 aromatic rings. The number of nitriles is 1. The van der Waals surface area contributed by atoms with E-state index in [0.29, 0.717) is 35.8 Å². The van der Waals surface area contributed by atoms with Gasteiger partial charge in [-0.1, -0.05) is 0 Å². The number of rotatable bonds is 6. The Morgan fingerprint density at radius 1 is 1.52 bits per heavy atom. The average Bonchev–Trinajstić information content (AvgIpc) is 3.26. The van der Waals surface area contributed by atoms with Crippen molar-refractivity contribution in [1.29, 1.82) is 5.26 Å². The summed E-state index contributed by atoms with van der Waals surface area (Å²) in [6.07, 6.45) is 3.00. The molecule has 1 aliphatic carbocycles. The Morgan fingerprint density at radius 3 is 3.00 bits per heavy atom. The zero-order valence-electron chi connectivity index (χ0n) is 12.8. The number of nitrogens with zero attached hydrogens (tertiary/aromatic N) is 1. The zero-order chi connectivity index (χ0) is 16.3. The van der Waals surface area contributed by atoms with E-state index in [-0.39, 0.29) is 18.3 Å². The van der Waals surface area contributed by atoms with E-state index in [1.165, 1.54) is 31.0 Å². The highest BCUT2D eigenvalue weighted by atomic mass is 32.2. The van der Waals surface area contributed by atoms with Crippen LogP contribution < -0.4 is 5.32 Å². The Morgan fingerprint density at radius 2 is 2.35 bits per heavy atom. The van der Waals surface area contributed by atoms with Crippen molar-refractivity contribution in [2.75, 3.05) is 18.1 Å². The van der Waals surface area contributed by atoms with Crippen LogP contribution in [0.3, 0.4) is 0 Å². The van der Waals surface area contributed by atoms with Gasteiger partial charge in [-0.15, -0.1) is 0 Å². The molecule has 1 aromatic carbocycles. The Bertz CT molecular complexity index is 634. The average molecular weight is 334 g/mol. The van der Waals surface area contributed by atoms with E-state index < -0.39 is 5.54 Å². The highest BCUT2D eigenvalue weighted by Crippen LogP contribution is 2.29. The molecule has 0 spiro atoms. The number of halogens is 1. The van der Waals surface area contributed by atoms with Crippen molar-refractivity contribution in [2.24, 2.45) is 5.92 Å². The van der Waals surface area contributed by atoms with Gasteiger partial charge < -0.3 is 10.1 Å². The van der Waals surface area contributed by atoms with Gasteiger partial charge in [-0.05, 0) is 49.1 Å². The summed E-state index contributed by atoms with van der Waals surface area (Å²) in [7, 11) is 0. The Kier molecular flexibility index (Phi) is 4.88. The molecule has 4 nitrogen and oxygen atoms in total. The van der Waals surface area contributed by atoms with Crippen molar-refractivity contribution in [3.05, 3.63) is 35.1 Å². The smallest absolute Gasteiger partial charge is 0.252 e. The van der Waals surface area contributed by atoms with E-state index in [9.17, 15) is 14.4 Å². The van der Waals surface area contributed by atoms with E-state index in [0.717, 1.165) is 5.75 Å². The number of thioether (sulfide) groups is 1. The summed E-state index contributed by atoms with van der Waals surface area (Å²) in [6, 6.07) is 6.46. The largest absolute Gasteiger partial charge is 0.376 e. The van der Waals surface area contributed by atoms with Gasteiger partial charge in [0.25, 0.3) is 5.91 Å². The molecular weight excluding hydrogens is 315 g/mol. The number of carbonyl (C=O) groups excluding carboxylic acids is 1. The maximum absolute atomic E-state index is 13.9. The van der Waals surface area contributed by atoms with Gasteiger partial charge in [-0.25, -0.2) is 4.39 Å². The summed E-state index contributed by atoms with van der Waals surface area (Å²) in [5.41, 5.74) is -0.0632. The third-order valence-electron chi connectivity index (χ3n) is 4.20. The second kappa shape index (κ2) is 6.90. The monoisotopic (exact) mass is 334 g/mol. The molecule has 1 saturated carbocycles. The maximum atomic E-state index is 13.9. The highest BCUT2D eigenvalue weighted by molar-refractivity contribution is 7.99. The minimum Gasteiger partial charge on any atom is -0.376 e. The van der Waals surface area contributed by atoms with Crippen molar-refractivity contribution in [3.8, 4) is 6.07 Å². The van der Waals surface area contributed by atoms with Crippen LogP contribution in [-0.2, 0) is 11.3 Å². The van der Waals surface area contributed by atoms with Gasteiger partial charge in [0.1, 0.15) is 11.4 Å². The van der Waals surface area contributed by atoms with Crippen molar-refractivity contribution in [2.45, 2.75) is 31.4 Å². The molecule has 0 aromatic heterocycles. The number of hydrogen-bond donors (Lipinski definition) is 1. The van der Waals surface area contributed by atoms with Crippen molar-refractivity contribution in [3.63, 3.8) is 0 Å². The number of hydrogen-bond acceptors (Lipinski definition) is 4. The number of ether oxygens (including phenoxy) is 1. The molecule has 1 N–H and O–H groups in total. The van der Waals surface area contributed by atoms with Crippen LogP contribution in [0.15, 0.2) is 18.2 Å². The third kappa shape index (κ3) is 4.04. The van der Waals surface area contributed by atoms with Crippen molar-refractivity contribution < 1.29 is 13.9 Å². The summed E-state index contributed by atoms with van der Waals surface area (Å²) in [6.45, 7) is 0.813. The van der Waals surface area contributed by atoms with Gasteiger partial charge in [0, 0.05) is 23.5 Å². The van der Waals surface area contributed by atoms with E-state index in [1.807, 2.05) is 0 Å². The predicted octanol–water partition coefficient (Wildman–Crippen LogP) is 2.88. The number of carbonyl (C=O) groups is 1. The lowest BCUT2D eigenvalue weighted by atomic mass is 10.00. The fraction of sp³-hybridized carbons (Fsp3) is 0.529. The van der Waals surface area contributed by atoms with Crippen LogP contribution in [-0.4, -0.2) is 29.6 Å². The van der Waals surface area contributed by atoms with Crippen LogP contribution in [0.4, 0.5) is 4.39 Å². The standard InChI is InChI=1S/C17H19FN2O2S/c18-15-4-3-13(7-14(15)9-22-8-12-1-2-12)16(21)20-17(10-19)5-6-23-11-17/h3-4,7,12H,1-2,5-6,8-9,11H2,(H,20,21)/t17-/m1/s1. The summed E-state index contributed by atoms with van der Waals surface area (Å²) >= 11 is 1.65. The summed E-state index contributed by atoms with van der Waals surface area (Å²) < 4.78 is 19.4. The van der Waals surface area contributed by atoms with Crippen LogP contribution in [0.1, 0.15) is 35.2 Å². The van der Waals surface area contributed by atoms with E-state index in [4.69, 9.17) is 4.74 Å². The molecule has 23 heavy (non-hydrogen) atoms. The van der Waals surface area contributed by atoms with Gasteiger partial charge in [0.2, 0.25) is 0 Å². The minimum absolute atomic E-state index is 0.169. The van der Waals surface area contributed by atoms with E-state index in [1.54, 1.807) is 11.8 Å². The molecule has 3 rings (SSSR count). The quantitative estimate of drug-likeness (QED) is 0.869. The molecule has 1 aliphatic heterocycles. The first-order valence-corrected chi connectivity index (χ1v) is 8.95. The highest BCUT2D eigenvalue weighted by Gasteiger charge is 2.36. The number of amides is 1. The minimum atomic E-state index is -0.807. The van der Waals surface area contributed by atoms with Crippen LogP contribution in [0.2, 0.25) is 0 Å². The first-order valence-electron chi connectivity index (χ1n) is 7.79.